The SMILES string of the molecule is CC1(C)Cc2nc(C3CCB(C#N)CC3)c(C=O)c(C3CCC(F)(F)CC3)c2C(O)C1. The van der Waals surface area contributed by atoms with Crippen LogP contribution in [0.25, 0.3) is 0 Å². The standard InChI is InChI=1S/C24H31BF2N2O2/c1-23(2)11-18-21(19(31)12-23)20(15-3-7-24(26,27)8-4-15)17(13-30)22(29-18)16-5-9-25(14-28)10-6-16/h13,15-16,19,31H,3-12H2,1-2H3. The van der Waals surface area contributed by atoms with E-state index in [1.54, 1.807) is 0 Å². The van der Waals surface area contributed by atoms with Crippen LogP contribution in [-0.2, 0) is 6.42 Å². The maximum atomic E-state index is 13.9. The number of pyridine rings is 1. The van der Waals surface area contributed by atoms with Crippen molar-refractivity contribution in [2.24, 2.45) is 5.41 Å². The molecule has 0 amide bonds. The Balaban J connectivity index is 1.82. The molecule has 31 heavy (non-hydrogen) atoms. The second kappa shape index (κ2) is 8.28. The molecule has 1 atom stereocenters. The second-order valence-electron chi connectivity index (χ2n) is 10.7. The van der Waals surface area contributed by atoms with Gasteiger partial charge in [-0.25, -0.2) is 14.0 Å². The molecule has 0 bridgehead atoms. The summed E-state index contributed by atoms with van der Waals surface area (Å²) in [6.45, 7) is 4.26. The van der Waals surface area contributed by atoms with Gasteiger partial charge in [0.05, 0.1) is 11.8 Å². The van der Waals surface area contributed by atoms with E-state index in [9.17, 15) is 23.9 Å². The Kier molecular flexibility index (Phi) is 5.98. The van der Waals surface area contributed by atoms with Crippen LogP contribution in [0.4, 0.5) is 8.78 Å². The summed E-state index contributed by atoms with van der Waals surface area (Å²) in [5.41, 5.74) is 3.52. The minimum atomic E-state index is -2.65. The number of nitrogens with zero attached hydrogens (tertiary/aromatic N) is 2. The third-order valence-corrected chi connectivity index (χ3v) is 7.69. The number of aliphatic hydroxyl groups excluding tert-OH is 1. The van der Waals surface area contributed by atoms with Gasteiger partial charge in [-0.3, -0.25) is 9.78 Å². The van der Waals surface area contributed by atoms with Crippen molar-refractivity contribution in [3.05, 3.63) is 28.1 Å². The van der Waals surface area contributed by atoms with E-state index in [2.05, 4.69) is 19.8 Å². The smallest absolute Gasteiger partial charge is 0.267 e. The van der Waals surface area contributed by atoms with Crippen LogP contribution in [0.15, 0.2) is 0 Å². The Hall–Kier alpha value is -1.81. The van der Waals surface area contributed by atoms with Crippen LogP contribution in [0.1, 0.15) is 110 Å². The zero-order chi connectivity index (χ0) is 22.4. The number of alkyl halides is 2. The van der Waals surface area contributed by atoms with Crippen molar-refractivity contribution in [2.75, 3.05) is 0 Å². The summed E-state index contributed by atoms with van der Waals surface area (Å²) in [6.07, 6.45) is 4.85. The van der Waals surface area contributed by atoms with Crippen LogP contribution in [0.3, 0.4) is 0 Å². The molecule has 0 aromatic carbocycles. The van der Waals surface area contributed by atoms with E-state index in [0.29, 0.717) is 31.2 Å². The van der Waals surface area contributed by atoms with E-state index in [1.807, 2.05) is 0 Å². The molecule has 2 heterocycles. The van der Waals surface area contributed by atoms with Crippen molar-refractivity contribution < 1.29 is 18.7 Å². The Bertz CT molecular complexity index is 894. The van der Waals surface area contributed by atoms with Gasteiger partial charge >= 0.3 is 0 Å². The first kappa shape index (κ1) is 22.4. The van der Waals surface area contributed by atoms with E-state index in [0.717, 1.165) is 54.3 Å². The summed E-state index contributed by atoms with van der Waals surface area (Å²) in [7, 11) is 0. The lowest BCUT2D eigenvalue weighted by Gasteiger charge is -2.39. The fourth-order valence-corrected chi connectivity index (χ4v) is 6.06. The predicted molar refractivity (Wildman–Crippen MR) is 116 cm³/mol. The lowest BCUT2D eigenvalue weighted by atomic mass is 9.41. The Morgan fingerprint density at radius 1 is 1.13 bits per heavy atom. The van der Waals surface area contributed by atoms with E-state index in [-0.39, 0.29) is 36.8 Å². The first-order chi connectivity index (χ1) is 14.6. The van der Waals surface area contributed by atoms with Gasteiger partial charge < -0.3 is 5.11 Å². The average molecular weight is 428 g/mol. The molecule has 4 nitrogen and oxygen atoms in total. The molecule has 2 fully saturated rings. The monoisotopic (exact) mass is 428 g/mol. The quantitative estimate of drug-likeness (QED) is 0.500. The topological polar surface area (TPSA) is 74.0 Å². The lowest BCUT2D eigenvalue weighted by molar-refractivity contribution is -0.0384. The zero-order valence-corrected chi connectivity index (χ0v) is 18.5. The molecule has 1 aromatic rings. The Morgan fingerprint density at radius 2 is 1.77 bits per heavy atom. The van der Waals surface area contributed by atoms with E-state index < -0.39 is 12.0 Å². The Labute approximate surface area is 183 Å². The summed E-state index contributed by atoms with van der Waals surface area (Å²) in [5, 5.41) is 20.3. The molecular formula is C24H31BF2N2O2. The predicted octanol–water partition coefficient (Wildman–Crippen LogP) is 5.63. The third kappa shape index (κ3) is 4.42. The number of hydrogen-bond donors (Lipinski definition) is 1. The average Bonchev–Trinajstić information content (AvgIpc) is 2.71. The van der Waals surface area contributed by atoms with Crippen LogP contribution < -0.4 is 0 Å². The molecule has 7 heteroatoms. The van der Waals surface area contributed by atoms with Crippen molar-refractivity contribution in [1.29, 1.82) is 5.26 Å². The van der Waals surface area contributed by atoms with Gasteiger partial charge in [-0.2, -0.15) is 0 Å². The van der Waals surface area contributed by atoms with Crippen LogP contribution in [-0.4, -0.2) is 29.0 Å². The normalized spacial score (nSPS) is 26.2. The van der Waals surface area contributed by atoms with Crippen molar-refractivity contribution in [3.8, 4) is 5.97 Å². The van der Waals surface area contributed by atoms with Crippen LogP contribution >= 0.6 is 0 Å². The van der Waals surface area contributed by atoms with E-state index in [1.165, 1.54) is 0 Å². The summed E-state index contributed by atoms with van der Waals surface area (Å²) in [5.74, 6) is -0.354. The second-order valence-corrected chi connectivity index (χ2v) is 10.7. The van der Waals surface area contributed by atoms with Gasteiger partial charge in [0.1, 0.15) is 0 Å². The van der Waals surface area contributed by atoms with Crippen molar-refractivity contribution in [3.63, 3.8) is 0 Å². The number of nitriles is 1. The highest BCUT2D eigenvalue weighted by atomic mass is 19.3. The highest BCUT2D eigenvalue weighted by Gasteiger charge is 2.42. The highest BCUT2D eigenvalue weighted by molar-refractivity contribution is 6.67. The summed E-state index contributed by atoms with van der Waals surface area (Å²) in [6, 6.07) is 0. The number of aldehydes is 1. The van der Waals surface area contributed by atoms with Crippen molar-refractivity contribution in [1.82, 2.24) is 4.98 Å². The first-order valence-corrected chi connectivity index (χ1v) is 11.6. The Morgan fingerprint density at radius 3 is 2.35 bits per heavy atom. The number of hydrogen-bond acceptors (Lipinski definition) is 4. The number of aromatic nitrogens is 1. The first-order valence-electron chi connectivity index (χ1n) is 11.6. The number of fused-ring (bicyclic) bond motifs is 1. The van der Waals surface area contributed by atoms with Gasteiger partial charge in [-0.05, 0) is 42.6 Å². The van der Waals surface area contributed by atoms with Crippen molar-refractivity contribution in [2.45, 2.75) is 102 Å². The molecular weight excluding hydrogens is 397 g/mol. The molecule has 1 aromatic heterocycles. The van der Waals surface area contributed by atoms with Gasteiger partial charge in [-0.15, -0.1) is 0 Å². The molecule has 1 unspecified atom stereocenters. The van der Waals surface area contributed by atoms with Crippen molar-refractivity contribution >= 4 is 13.0 Å². The van der Waals surface area contributed by atoms with E-state index in [4.69, 9.17) is 4.98 Å². The minimum absolute atomic E-state index is 0.0503. The number of carbonyl (C=O) groups excluding carboxylic acids is 1. The molecule has 0 radical (unpaired) electrons. The lowest BCUT2D eigenvalue weighted by Crippen LogP contribution is -2.32. The molecule has 166 valence electrons. The van der Waals surface area contributed by atoms with Gasteiger partial charge in [0.25, 0.3) is 6.71 Å². The maximum Gasteiger partial charge on any atom is 0.267 e. The van der Waals surface area contributed by atoms with Gasteiger partial charge in [0, 0.05) is 41.5 Å². The molecule has 2 aliphatic carbocycles. The van der Waals surface area contributed by atoms with E-state index >= 15 is 0 Å². The summed E-state index contributed by atoms with van der Waals surface area (Å²) < 4.78 is 27.8. The largest absolute Gasteiger partial charge is 0.388 e. The van der Waals surface area contributed by atoms with Gasteiger partial charge in [0.2, 0.25) is 5.92 Å². The van der Waals surface area contributed by atoms with Crippen LogP contribution in [0.2, 0.25) is 12.6 Å². The number of aliphatic hydroxyl groups is 1. The molecule has 1 N–H and O–H groups in total. The maximum absolute atomic E-state index is 13.9. The highest BCUT2D eigenvalue weighted by Crippen LogP contribution is 2.50. The summed E-state index contributed by atoms with van der Waals surface area (Å²) in [4.78, 5) is 17.3. The molecule has 0 spiro atoms. The molecule has 4 rings (SSSR count). The fraction of sp³-hybridized carbons (Fsp3) is 0.708. The van der Waals surface area contributed by atoms with Gasteiger partial charge in [-0.1, -0.05) is 39.3 Å². The third-order valence-electron chi connectivity index (χ3n) is 7.69. The number of rotatable bonds is 3. The molecule has 3 aliphatic rings. The van der Waals surface area contributed by atoms with Crippen LogP contribution in [0.5, 0.6) is 0 Å². The molecule has 1 saturated heterocycles. The molecule has 1 aliphatic heterocycles. The summed E-state index contributed by atoms with van der Waals surface area (Å²) >= 11 is 0. The van der Waals surface area contributed by atoms with Gasteiger partial charge in [0.15, 0.2) is 6.29 Å². The fourth-order valence-electron chi connectivity index (χ4n) is 6.06. The minimum Gasteiger partial charge on any atom is -0.388 e. The van der Waals surface area contributed by atoms with Crippen LogP contribution in [0, 0.1) is 16.6 Å². The number of halogens is 2. The molecule has 1 saturated carbocycles. The number of carbonyl (C=O) groups is 1. The zero-order valence-electron chi connectivity index (χ0n) is 18.5.